The van der Waals surface area contributed by atoms with Gasteiger partial charge < -0.3 is 5.11 Å². The summed E-state index contributed by atoms with van der Waals surface area (Å²) in [6.45, 7) is 2.84. The van der Waals surface area contributed by atoms with E-state index in [1.807, 2.05) is 0 Å². The summed E-state index contributed by atoms with van der Waals surface area (Å²) in [4.78, 5) is 36.9. The second-order valence-electron chi connectivity index (χ2n) is 5.08. The fourth-order valence-electron chi connectivity index (χ4n) is 2.82. The van der Waals surface area contributed by atoms with Gasteiger partial charge in [-0.1, -0.05) is 18.2 Å². The standard InChI is InChI=1S/C14H13N3O6/c1-7-11(14(18)19)12(13(17(22)23)8(2)15-7)9-5-3-4-6-10(9)16(20)21/h3-6,12-13H,1-2H3,(H,18,19). The first-order chi connectivity index (χ1) is 10.8. The number of rotatable bonds is 4. The van der Waals surface area contributed by atoms with E-state index in [2.05, 4.69) is 4.99 Å². The van der Waals surface area contributed by atoms with Gasteiger partial charge in [-0.2, -0.15) is 0 Å². The van der Waals surface area contributed by atoms with Crippen molar-refractivity contribution in [3.8, 4) is 0 Å². The highest BCUT2D eigenvalue weighted by Gasteiger charge is 2.46. The fraction of sp³-hybridized carbons (Fsp3) is 0.286. The maximum Gasteiger partial charge on any atom is 0.334 e. The molecule has 1 aliphatic rings. The maximum absolute atomic E-state index is 11.6. The third kappa shape index (κ3) is 2.80. The van der Waals surface area contributed by atoms with Crippen LogP contribution in [0.2, 0.25) is 0 Å². The van der Waals surface area contributed by atoms with Crippen molar-refractivity contribution in [1.29, 1.82) is 0 Å². The molecule has 0 radical (unpaired) electrons. The molecule has 1 heterocycles. The highest BCUT2D eigenvalue weighted by atomic mass is 16.6. The summed E-state index contributed by atoms with van der Waals surface area (Å²) >= 11 is 0. The molecule has 0 bridgehead atoms. The van der Waals surface area contributed by atoms with Gasteiger partial charge in [0.05, 0.1) is 22.1 Å². The van der Waals surface area contributed by atoms with Gasteiger partial charge in [-0.05, 0) is 13.8 Å². The molecule has 2 unspecified atom stereocenters. The molecule has 2 rings (SSSR count). The monoisotopic (exact) mass is 319 g/mol. The lowest BCUT2D eigenvalue weighted by Crippen LogP contribution is -2.39. The number of allylic oxidation sites excluding steroid dienone is 1. The molecule has 1 N–H and O–H groups in total. The largest absolute Gasteiger partial charge is 0.478 e. The molecule has 0 spiro atoms. The van der Waals surface area contributed by atoms with Crippen molar-refractivity contribution in [1.82, 2.24) is 0 Å². The van der Waals surface area contributed by atoms with Crippen molar-refractivity contribution >= 4 is 17.4 Å². The van der Waals surface area contributed by atoms with E-state index in [9.17, 15) is 30.1 Å². The Balaban J connectivity index is 2.78. The Morgan fingerprint density at radius 2 is 1.83 bits per heavy atom. The van der Waals surface area contributed by atoms with Crippen LogP contribution in [0, 0.1) is 20.2 Å². The minimum atomic E-state index is -1.47. The van der Waals surface area contributed by atoms with Crippen molar-refractivity contribution in [2.24, 2.45) is 4.99 Å². The predicted molar refractivity (Wildman–Crippen MR) is 80.1 cm³/mol. The molecule has 0 aliphatic carbocycles. The van der Waals surface area contributed by atoms with Gasteiger partial charge in [-0.25, -0.2) is 4.79 Å². The number of carbonyl (C=O) groups is 1. The fourth-order valence-corrected chi connectivity index (χ4v) is 2.82. The molecule has 9 heteroatoms. The van der Waals surface area contributed by atoms with Crippen molar-refractivity contribution in [3.05, 3.63) is 61.3 Å². The van der Waals surface area contributed by atoms with Crippen LogP contribution in [0.5, 0.6) is 0 Å². The van der Waals surface area contributed by atoms with Crippen LogP contribution in [-0.4, -0.2) is 32.7 Å². The number of nitro groups is 2. The first kappa shape index (κ1) is 16.3. The Hall–Kier alpha value is -3.10. The minimum absolute atomic E-state index is 0.00907. The molecular weight excluding hydrogens is 306 g/mol. The van der Waals surface area contributed by atoms with Gasteiger partial charge in [0, 0.05) is 22.3 Å². The Labute approximate surface area is 130 Å². The number of aliphatic imine (C=N–C) groups is 1. The molecule has 23 heavy (non-hydrogen) atoms. The second-order valence-corrected chi connectivity index (χ2v) is 5.08. The van der Waals surface area contributed by atoms with Crippen molar-refractivity contribution in [2.45, 2.75) is 25.8 Å². The number of benzene rings is 1. The highest BCUT2D eigenvalue weighted by Crippen LogP contribution is 2.40. The lowest BCUT2D eigenvalue weighted by molar-refractivity contribution is -0.506. The summed E-state index contributed by atoms with van der Waals surface area (Å²) in [5, 5.41) is 32.1. The summed E-state index contributed by atoms with van der Waals surface area (Å²) in [6.07, 6.45) is 0. The molecular formula is C14H13N3O6. The smallest absolute Gasteiger partial charge is 0.334 e. The average molecular weight is 319 g/mol. The molecule has 1 aliphatic heterocycles. The van der Waals surface area contributed by atoms with Gasteiger partial charge >= 0.3 is 5.97 Å². The van der Waals surface area contributed by atoms with Crippen LogP contribution < -0.4 is 0 Å². The predicted octanol–water partition coefficient (Wildman–Crippen LogP) is 2.16. The molecule has 0 amide bonds. The molecule has 0 fully saturated rings. The molecule has 1 aromatic rings. The normalized spacial score (nSPS) is 20.9. The van der Waals surface area contributed by atoms with Crippen molar-refractivity contribution < 1.29 is 19.7 Å². The summed E-state index contributed by atoms with van der Waals surface area (Å²) < 4.78 is 0. The molecule has 0 saturated carbocycles. The van der Waals surface area contributed by atoms with Gasteiger partial charge in [-0.15, -0.1) is 0 Å². The topological polar surface area (TPSA) is 136 Å². The summed E-state index contributed by atoms with van der Waals surface area (Å²) in [5.41, 5.74) is -0.445. The number of hydrogen-bond acceptors (Lipinski definition) is 6. The maximum atomic E-state index is 11.6. The van der Waals surface area contributed by atoms with Gasteiger partial charge in [0.2, 0.25) is 0 Å². The summed E-state index contributed by atoms with van der Waals surface area (Å²) in [6, 6.07) is 3.97. The van der Waals surface area contributed by atoms with E-state index in [0.717, 1.165) is 0 Å². The van der Waals surface area contributed by atoms with Crippen LogP contribution in [-0.2, 0) is 4.79 Å². The van der Waals surface area contributed by atoms with Gasteiger partial charge in [0.15, 0.2) is 0 Å². The van der Waals surface area contributed by atoms with Crippen LogP contribution in [0.3, 0.4) is 0 Å². The third-order valence-corrected chi connectivity index (χ3v) is 3.71. The SMILES string of the molecule is CC1=NC(C)=C(C(=O)O)C(c2ccccc2[N+](=O)[O-])C1[N+](=O)[O-]. The van der Waals surface area contributed by atoms with E-state index >= 15 is 0 Å². The summed E-state index contributed by atoms with van der Waals surface area (Å²) in [5.74, 6) is -2.66. The highest BCUT2D eigenvalue weighted by molar-refractivity contribution is 5.97. The number of nitrogens with zero attached hydrogens (tertiary/aromatic N) is 3. The van der Waals surface area contributed by atoms with Crippen LogP contribution in [0.1, 0.15) is 25.3 Å². The molecule has 9 nitrogen and oxygen atoms in total. The molecule has 2 atom stereocenters. The Morgan fingerprint density at radius 1 is 1.22 bits per heavy atom. The van der Waals surface area contributed by atoms with Crippen molar-refractivity contribution in [2.75, 3.05) is 0 Å². The molecule has 0 saturated heterocycles. The van der Waals surface area contributed by atoms with E-state index in [4.69, 9.17) is 0 Å². The Morgan fingerprint density at radius 3 is 2.35 bits per heavy atom. The van der Waals surface area contributed by atoms with E-state index in [1.165, 1.54) is 38.1 Å². The van der Waals surface area contributed by atoms with E-state index in [-0.39, 0.29) is 28.2 Å². The van der Waals surface area contributed by atoms with Crippen LogP contribution >= 0.6 is 0 Å². The quantitative estimate of drug-likeness (QED) is 0.667. The number of carboxylic acids is 1. The van der Waals surface area contributed by atoms with Crippen molar-refractivity contribution in [3.63, 3.8) is 0 Å². The van der Waals surface area contributed by atoms with E-state index in [0.29, 0.717) is 0 Å². The van der Waals surface area contributed by atoms with Gasteiger partial charge in [-0.3, -0.25) is 25.2 Å². The summed E-state index contributed by atoms with van der Waals surface area (Å²) in [7, 11) is 0. The van der Waals surface area contributed by atoms with Gasteiger partial charge in [0.25, 0.3) is 11.7 Å². The van der Waals surface area contributed by atoms with Crippen LogP contribution in [0.25, 0.3) is 0 Å². The lowest BCUT2D eigenvalue weighted by Gasteiger charge is -2.26. The lowest BCUT2D eigenvalue weighted by atomic mass is 9.79. The molecule has 1 aromatic carbocycles. The third-order valence-electron chi connectivity index (χ3n) is 3.71. The van der Waals surface area contributed by atoms with E-state index < -0.39 is 27.8 Å². The first-order valence-electron chi connectivity index (χ1n) is 6.61. The minimum Gasteiger partial charge on any atom is -0.478 e. The zero-order valence-corrected chi connectivity index (χ0v) is 12.3. The number of aliphatic carboxylic acids is 1. The van der Waals surface area contributed by atoms with Gasteiger partial charge in [0.1, 0.15) is 0 Å². The average Bonchev–Trinajstić information content (AvgIpc) is 2.45. The molecule has 120 valence electrons. The zero-order valence-electron chi connectivity index (χ0n) is 12.3. The number of nitro benzene ring substituents is 1. The van der Waals surface area contributed by atoms with Crippen LogP contribution in [0.15, 0.2) is 40.5 Å². The number of para-hydroxylation sites is 1. The van der Waals surface area contributed by atoms with Crippen LogP contribution in [0.4, 0.5) is 5.69 Å². The second kappa shape index (κ2) is 5.95. The number of carboxylic acid groups (broad SMARTS) is 1. The Bertz CT molecular complexity index is 768. The van der Waals surface area contributed by atoms with E-state index in [1.54, 1.807) is 0 Å². The Kier molecular flexibility index (Phi) is 4.21. The first-order valence-corrected chi connectivity index (χ1v) is 6.61. The molecule has 0 aromatic heterocycles. The zero-order chi connectivity index (χ0) is 17.3. The number of hydrogen-bond donors (Lipinski definition) is 1.